The molecule has 2 rings (SSSR count). The van der Waals surface area contributed by atoms with Gasteiger partial charge in [0.05, 0.1) is 0 Å². The number of ether oxygens (including phenoxy) is 1. The van der Waals surface area contributed by atoms with E-state index in [1.807, 2.05) is 37.3 Å². The van der Waals surface area contributed by atoms with Crippen molar-refractivity contribution in [2.24, 2.45) is 0 Å². The molecule has 22 heavy (non-hydrogen) atoms. The van der Waals surface area contributed by atoms with Crippen LogP contribution in [0, 0.1) is 0 Å². The lowest BCUT2D eigenvalue weighted by Gasteiger charge is -2.15. The highest BCUT2D eigenvalue weighted by Crippen LogP contribution is 2.20. The molecule has 2 N–H and O–H groups in total. The van der Waals surface area contributed by atoms with Crippen molar-refractivity contribution >= 4 is 22.6 Å². The second-order valence-electron chi connectivity index (χ2n) is 5.00. The van der Waals surface area contributed by atoms with Crippen molar-refractivity contribution in [2.45, 2.75) is 19.4 Å². The van der Waals surface area contributed by atoms with Gasteiger partial charge in [0.15, 0.2) is 6.04 Å². The summed E-state index contributed by atoms with van der Waals surface area (Å²) in [6.07, 6.45) is 0.806. The fraction of sp³-hybridized carbons (Fsp3) is 0.294. The largest absolute Gasteiger partial charge is 0.479 e. The summed E-state index contributed by atoms with van der Waals surface area (Å²) >= 11 is 0. The third kappa shape index (κ3) is 4.05. The summed E-state index contributed by atoms with van der Waals surface area (Å²) in [6.45, 7) is 2.28. The molecule has 1 amide bonds. The number of carbonyl (C=O) groups excluding carboxylic acids is 1. The summed E-state index contributed by atoms with van der Waals surface area (Å²) in [7, 11) is 0. The van der Waals surface area contributed by atoms with Gasteiger partial charge >= 0.3 is 5.97 Å². The molecule has 0 saturated heterocycles. The van der Waals surface area contributed by atoms with E-state index in [0.717, 1.165) is 17.2 Å². The summed E-state index contributed by atoms with van der Waals surface area (Å²) < 4.78 is 5.13. The van der Waals surface area contributed by atoms with E-state index < -0.39 is 17.9 Å². The topological polar surface area (TPSA) is 75.6 Å². The van der Waals surface area contributed by atoms with Gasteiger partial charge in [0, 0.05) is 6.61 Å². The van der Waals surface area contributed by atoms with E-state index in [1.165, 1.54) is 0 Å². The molecule has 0 fully saturated rings. The number of rotatable bonds is 7. The van der Waals surface area contributed by atoms with Crippen LogP contribution in [-0.4, -0.2) is 30.2 Å². The molecule has 5 nitrogen and oxygen atoms in total. The zero-order valence-electron chi connectivity index (χ0n) is 12.4. The van der Waals surface area contributed by atoms with Crippen LogP contribution < -0.4 is 5.32 Å². The van der Waals surface area contributed by atoms with Crippen molar-refractivity contribution in [3.63, 3.8) is 0 Å². The molecule has 1 unspecified atom stereocenters. The Balaban J connectivity index is 2.15. The Bertz CT molecular complexity index is 669. The van der Waals surface area contributed by atoms with Crippen LogP contribution in [0.1, 0.15) is 24.9 Å². The van der Waals surface area contributed by atoms with Gasteiger partial charge in [-0.25, -0.2) is 4.79 Å². The number of fused-ring (bicyclic) bond motifs is 1. The number of hydrogen-bond acceptors (Lipinski definition) is 3. The van der Waals surface area contributed by atoms with Gasteiger partial charge in [0.1, 0.15) is 6.61 Å². The van der Waals surface area contributed by atoms with Crippen molar-refractivity contribution in [3.8, 4) is 0 Å². The molecule has 0 radical (unpaired) electrons. The van der Waals surface area contributed by atoms with E-state index in [4.69, 9.17) is 4.74 Å². The third-order valence-corrected chi connectivity index (χ3v) is 3.24. The van der Waals surface area contributed by atoms with Crippen LogP contribution in [0.15, 0.2) is 42.5 Å². The van der Waals surface area contributed by atoms with Crippen molar-refractivity contribution < 1.29 is 19.4 Å². The number of amides is 1. The van der Waals surface area contributed by atoms with E-state index in [0.29, 0.717) is 12.2 Å². The molecule has 0 spiro atoms. The first-order valence-electron chi connectivity index (χ1n) is 7.20. The normalized spacial score (nSPS) is 12.0. The van der Waals surface area contributed by atoms with Crippen molar-refractivity contribution in [3.05, 3.63) is 48.0 Å². The van der Waals surface area contributed by atoms with Gasteiger partial charge in [-0.05, 0) is 28.8 Å². The molecule has 2 aromatic carbocycles. The Labute approximate surface area is 128 Å². The molecule has 116 valence electrons. The fourth-order valence-electron chi connectivity index (χ4n) is 2.19. The molecule has 5 heteroatoms. The number of carboxylic acids is 1. The molecule has 0 aromatic heterocycles. The average molecular weight is 301 g/mol. The van der Waals surface area contributed by atoms with Gasteiger partial charge in [-0.15, -0.1) is 0 Å². The van der Waals surface area contributed by atoms with E-state index in [1.54, 1.807) is 12.1 Å². The van der Waals surface area contributed by atoms with E-state index in [-0.39, 0.29) is 6.61 Å². The molecular weight excluding hydrogens is 282 g/mol. The number of nitrogens with one attached hydrogen (secondary N) is 1. The highest BCUT2D eigenvalue weighted by molar-refractivity contribution is 5.88. The van der Waals surface area contributed by atoms with Gasteiger partial charge in [-0.3, -0.25) is 4.79 Å². The van der Waals surface area contributed by atoms with E-state index >= 15 is 0 Å². The van der Waals surface area contributed by atoms with Crippen molar-refractivity contribution in [2.75, 3.05) is 13.2 Å². The summed E-state index contributed by atoms with van der Waals surface area (Å²) in [4.78, 5) is 23.2. The van der Waals surface area contributed by atoms with Crippen LogP contribution in [0.4, 0.5) is 0 Å². The van der Waals surface area contributed by atoms with Crippen molar-refractivity contribution in [1.82, 2.24) is 5.32 Å². The Kier molecular flexibility index (Phi) is 5.49. The fourth-order valence-corrected chi connectivity index (χ4v) is 2.19. The minimum Gasteiger partial charge on any atom is -0.479 e. The number of aliphatic carboxylic acids is 1. The van der Waals surface area contributed by atoms with Gasteiger partial charge in [-0.2, -0.15) is 0 Å². The molecule has 0 aliphatic rings. The molecule has 2 aromatic rings. The minimum atomic E-state index is -1.10. The lowest BCUT2D eigenvalue weighted by Crippen LogP contribution is -2.36. The van der Waals surface area contributed by atoms with E-state index in [2.05, 4.69) is 5.32 Å². The Morgan fingerprint density at radius 3 is 2.59 bits per heavy atom. The Hall–Kier alpha value is -2.40. The third-order valence-electron chi connectivity index (χ3n) is 3.24. The standard InChI is InChI=1S/C17H19NO4/c1-2-9-22-11-15(19)18-16(17(20)21)14-8-7-12-5-3-4-6-13(12)10-14/h3-8,10,16H,2,9,11H2,1H3,(H,18,19)(H,20,21). The van der Waals surface area contributed by atoms with Gasteiger partial charge < -0.3 is 15.2 Å². The molecule has 1 atom stereocenters. The maximum atomic E-state index is 11.8. The van der Waals surface area contributed by atoms with Crippen LogP contribution >= 0.6 is 0 Å². The number of carbonyl (C=O) groups is 2. The van der Waals surface area contributed by atoms with Crippen LogP contribution in [0.25, 0.3) is 10.8 Å². The molecular formula is C17H19NO4. The Morgan fingerprint density at radius 1 is 1.18 bits per heavy atom. The summed E-state index contributed by atoms with van der Waals surface area (Å²) in [5.74, 6) is -1.53. The Morgan fingerprint density at radius 2 is 1.91 bits per heavy atom. The quantitative estimate of drug-likeness (QED) is 0.770. The lowest BCUT2D eigenvalue weighted by molar-refractivity contribution is -0.142. The smallest absolute Gasteiger partial charge is 0.330 e. The van der Waals surface area contributed by atoms with Gasteiger partial charge in [0.25, 0.3) is 0 Å². The van der Waals surface area contributed by atoms with Gasteiger partial charge in [0.2, 0.25) is 5.91 Å². The second kappa shape index (κ2) is 7.56. The SMILES string of the molecule is CCCOCC(=O)NC(C(=O)O)c1ccc2ccccc2c1. The highest BCUT2D eigenvalue weighted by Gasteiger charge is 2.22. The van der Waals surface area contributed by atoms with E-state index in [9.17, 15) is 14.7 Å². The van der Waals surface area contributed by atoms with Crippen LogP contribution in [0.2, 0.25) is 0 Å². The predicted molar refractivity (Wildman–Crippen MR) is 83.6 cm³/mol. The molecule has 0 saturated carbocycles. The lowest BCUT2D eigenvalue weighted by atomic mass is 10.0. The first-order valence-corrected chi connectivity index (χ1v) is 7.20. The summed E-state index contributed by atoms with van der Waals surface area (Å²) in [5, 5.41) is 13.8. The first kappa shape index (κ1) is 16.0. The molecule has 0 heterocycles. The second-order valence-corrected chi connectivity index (χ2v) is 5.00. The summed E-state index contributed by atoms with van der Waals surface area (Å²) in [5.41, 5.74) is 0.537. The van der Waals surface area contributed by atoms with Crippen LogP contribution in [-0.2, 0) is 14.3 Å². The van der Waals surface area contributed by atoms with Gasteiger partial charge in [-0.1, -0.05) is 43.3 Å². The maximum absolute atomic E-state index is 11.8. The minimum absolute atomic E-state index is 0.134. The zero-order valence-corrected chi connectivity index (χ0v) is 12.4. The highest BCUT2D eigenvalue weighted by atomic mass is 16.5. The summed E-state index contributed by atoms with van der Waals surface area (Å²) in [6, 6.07) is 11.9. The zero-order chi connectivity index (χ0) is 15.9. The average Bonchev–Trinajstić information content (AvgIpc) is 2.52. The number of hydrogen-bond donors (Lipinski definition) is 2. The number of benzene rings is 2. The molecule has 0 aliphatic heterocycles. The van der Waals surface area contributed by atoms with Crippen molar-refractivity contribution in [1.29, 1.82) is 0 Å². The first-order chi connectivity index (χ1) is 10.6. The maximum Gasteiger partial charge on any atom is 0.330 e. The predicted octanol–water partition coefficient (Wildman–Crippen LogP) is 2.51. The molecule has 0 aliphatic carbocycles. The monoisotopic (exact) mass is 301 g/mol. The number of carboxylic acid groups (broad SMARTS) is 1. The molecule has 0 bridgehead atoms. The van der Waals surface area contributed by atoms with Crippen LogP contribution in [0.5, 0.6) is 0 Å². The van der Waals surface area contributed by atoms with Crippen LogP contribution in [0.3, 0.4) is 0 Å².